The molecule has 0 aromatic rings. The van der Waals surface area contributed by atoms with E-state index in [0.717, 1.165) is 19.5 Å². The van der Waals surface area contributed by atoms with Gasteiger partial charge < -0.3 is 11.1 Å². The monoisotopic (exact) mass is 196 g/mol. The predicted molar refractivity (Wildman–Crippen MR) is 47.6 cm³/mol. The van der Waals surface area contributed by atoms with Crippen molar-refractivity contribution in [1.29, 1.82) is 0 Å². The van der Waals surface area contributed by atoms with Gasteiger partial charge in [-0.3, -0.25) is 4.55 Å². The molecule has 0 aliphatic heterocycles. The van der Waals surface area contributed by atoms with Crippen molar-refractivity contribution >= 4 is 10.1 Å². The SMILES string of the molecule is NCCNCCCCS(=O)(=O)O. The lowest BCUT2D eigenvalue weighted by atomic mass is 10.3. The van der Waals surface area contributed by atoms with Gasteiger partial charge in [0.05, 0.1) is 5.75 Å². The Kier molecular flexibility index (Phi) is 6.27. The van der Waals surface area contributed by atoms with Crippen molar-refractivity contribution in [3.63, 3.8) is 0 Å². The zero-order chi connectivity index (χ0) is 9.45. The highest BCUT2D eigenvalue weighted by molar-refractivity contribution is 7.85. The van der Waals surface area contributed by atoms with E-state index in [2.05, 4.69) is 5.32 Å². The molecule has 0 aromatic heterocycles. The molecule has 5 nitrogen and oxygen atoms in total. The third-order valence-corrected chi connectivity index (χ3v) is 2.13. The zero-order valence-electron chi connectivity index (χ0n) is 6.99. The summed E-state index contributed by atoms with van der Waals surface area (Å²) in [5.74, 6) is -0.155. The number of unbranched alkanes of at least 4 members (excludes halogenated alkanes) is 1. The highest BCUT2D eigenvalue weighted by Crippen LogP contribution is 1.91. The first-order valence-electron chi connectivity index (χ1n) is 3.92. The fraction of sp³-hybridized carbons (Fsp3) is 1.00. The van der Waals surface area contributed by atoms with Gasteiger partial charge in [0.1, 0.15) is 0 Å². The van der Waals surface area contributed by atoms with Gasteiger partial charge in [0, 0.05) is 13.1 Å². The van der Waals surface area contributed by atoms with Gasteiger partial charge in [0.15, 0.2) is 0 Å². The van der Waals surface area contributed by atoms with Gasteiger partial charge >= 0.3 is 0 Å². The Balaban J connectivity index is 3.12. The van der Waals surface area contributed by atoms with Gasteiger partial charge in [-0.25, -0.2) is 0 Å². The maximum Gasteiger partial charge on any atom is 0.264 e. The second kappa shape index (κ2) is 6.36. The van der Waals surface area contributed by atoms with Crippen molar-refractivity contribution in [2.75, 3.05) is 25.4 Å². The van der Waals surface area contributed by atoms with E-state index in [-0.39, 0.29) is 5.75 Å². The zero-order valence-corrected chi connectivity index (χ0v) is 7.81. The predicted octanol–water partition coefficient (Wildman–Crippen LogP) is -0.797. The molecule has 0 saturated heterocycles. The van der Waals surface area contributed by atoms with Crippen molar-refractivity contribution in [3.05, 3.63) is 0 Å². The number of rotatable bonds is 7. The van der Waals surface area contributed by atoms with E-state index in [1.807, 2.05) is 0 Å². The molecule has 0 amide bonds. The molecule has 0 unspecified atom stereocenters. The van der Waals surface area contributed by atoms with E-state index < -0.39 is 10.1 Å². The Morgan fingerprint density at radius 1 is 1.25 bits per heavy atom. The minimum atomic E-state index is -3.77. The van der Waals surface area contributed by atoms with Gasteiger partial charge in [-0.2, -0.15) is 8.42 Å². The van der Waals surface area contributed by atoms with Crippen LogP contribution in [0.5, 0.6) is 0 Å². The summed E-state index contributed by atoms with van der Waals surface area (Å²) >= 11 is 0. The van der Waals surface area contributed by atoms with Crippen molar-refractivity contribution < 1.29 is 13.0 Å². The van der Waals surface area contributed by atoms with Crippen LogP contribution in [0.4, 0.5) is 0 Å². The lowest BCUT2D eigenvalue weighted by Gasteiger charge is -2.00. The largest absolute Gasteiger partial charge is 0.329 e. The van der Waals surface area contributed by atoms with Crippen LogP contribution in [-0.2, 0) is 10.1 Å². The molecule has 0 bridgehead atoms. The van der Waals surface area contributed by atoms with Crippen LogP contribution in [0, 0.1) is 0 Å². The van der Waals surface area contributed by atoms with Crippen molar-refractivity contribution in [1.82, 2.24) is 5.32 Å². The first-order chi connectivity index (χ1) is 5.56. The molecule has 74 valence electrons. The summed E-state index contributed by atoms with van der Waals surface area (Å²) in [6.07, 6.45) is 1.22. The third-order valence-electron chi connectivity index (χ3n) is 1.33. The molecule has 0 fully saturated rings. The lowest BCUT2D eigenvalue weighted by molar-refractivity contribution is 0.479. The summed E-state index contributed by atoms with van der Waals surface area (Å²) in [5.41, 5.74) is 5.21. The normalized spacial score (nSPS) is 11.8. The van der Waals surface area contributed by atoms with Gasteiger partial charge in [0.2, 0.25) is 0 Å². The molecular weight excluding hydrogens is 180 g/mol. The van der Waals surface area contributed by atoms with Crippen LogP contribution >= 0.6 is 0 Å². The van der Waals surface area contributed by atoms with Gasteiger partial charge in [0.25, 0.3) is 10.1 Å². The van der Waals surface area contributed by atoms with Crippen molar-refractivity contribution in [3.8, 4) is 0 Å². The second-order valence-corrected chi connectivity index (χ2v) is 4.10. The van der Waals surface area contributed by atoms with Gasteiger partial charge in [-0.1, -0.05) is 0 Å². The van der Waals surface area contributed by atoms with Crippen LogP contribution in [0.25, 0.3) is 0 Å². The Bertz CT molecular complexity index is 191. The van der Waals surface area contributed by atoms with E-state index in [1.165, 1.54) is 0 Å². The maximum atomic E-state index is 10.2. The Morgan fingerprint density at radius 2 is 1.92 bits per heavy atom. The molecule has 6 heteroatoms. The maximum absolute atomic E-state index is 10.2. The summed E-state index contributed by atoms with van der Waals surface area (Å²) in [4.78, 5) is 0. The molecule has 0 saturated carbocycles. The molecule has 0 spiro atoms. The number of hydrogen-bond donors (Lipinski definition) is 3. The molecule has 12 heavy (non-hydrogen) atoms. The highest BCUT2D eigenvalue weighted by Gasteiger charge is 2.02. The van der Waals surface area contributed by atoms with Crippen molar-refractivity contribution in [2.45, 2.75) is 12.8 Å². The average molecular weight is 196 g/mol. The first-order valence-corrected chi connectivity index (χ1v) is 5.53. The molecule has 0 aromatic carbocycles. The summed E-state index contributed by atoms with van der Waals surface area (Å²) in [7, 11) is -3.77. The summed E-state index contributed by atoms with van der Waals surface area (Å²) in [5, 5.41) is 3.02. The molecule has 0 aliphatic carbocycles. The number of nitrogens with two attached hydrogens (primary N) is 1. The van der Waals surface area contributed by atoms with E-state index >= 15 is 0 Å². The van der Waals surface area contributed by atoms with Crippen LogP contribution in [0.1, 0.15) is 12.8 Å². The summed E-state index contributed by atoms with van der Waals surface area (Å²) in [6.45, 7) is 2.07. The summed E-state index contributed by atoms with van der Waals surface area (Å²) in [6, 6.07) is 0. The molecular formula is C6H16N2O3S. The van der Waals surface area contributed by atoms with Crippen LogP contribution in [0.15, 0.2) is 0 Å². The molecule has 0 atom stereocenters. The molecule has 4 N–H and O–H groups in total. The Morgan fingerprint density at radius 3 is 2.42 bits per heavy atom. The molecule has 0 rings (SSSR count). The Labute approximate surface area is 73.1 Å². The average Bonchev–Trinajstić information content (AvgIpc) is 1.94. The third kappa shape index (κ3) is 9.83. The van der Waals surface area contributed by atoms with Gasteiger partial charge in [-0.15, -0.1) is 0 Å². The van der Waals surface area contributed by atoms with E-state index in [0.29, 0.717) is 13.0 Å². The topological polar surface area (TPSA) is 92.4 Å². The quantitative estimate of drug-likeness (QED) is 0.366. The second-order valence-electron chi connectivity index (χ2n) is 2.53. The number of nitrogens with one attached hydrogen (secondary N) is 1. The minimum absolute atomic E-state index is 0.155. The fourth-order valence-electron chi connectivity index (χ4n) is 0.762. The van der Waals surface area contributed by atoms with Crippen LogP contribution in [0.3, 0.4) is 0 Å². The van der Waals surface area contributed by atoms with Crippen molar-refractivity contribution in [2.24, 2.45) is 5.73 Å². The molecule has 0 radical (unpaired) electrons. The molecule has 0 aliphatic rings. The summed E-state index contributed by atoms with van der Waals surface area (Å²) < 4.78 is 28.8. The minimum Gasteiger partial charge on any atom is -0.329 e. The van der Waals surface area contributed by atoms with E-state index in [1.54, 1.807) is 0 Å². The van der Waals surface area contributed by atoms with E-state index in [4.69, 9.17) is 10.3 Å². The number of hydrogen-bond acceptors (Lipinski definition) is 4. The Hall–Kier alpha value is -0.170. The molecule has 0 heterocycles. The van der Waals surface area contributed by atoms with Crippen LogP contribution in [-0.4, -0.2) is 38.4 Å². The van der Waals surface area contributed by atoms with E-state index in [9.17, 15) is 8.42 Å². The standard InChI is InChI=1S/C6H16N2O3S/c7-3-5-8-4-1-2-6-12(9,10)11/h8H,1-7H2,(H,9,10,11). The smallest absolute Gasteiger partial charge is 0.264 e. The van der Waals surface area contributed by atoms with Gasteiger partial charge in [-0.05, 0) is 19.4 Å². The van der Waals surface area contributed by atoms with Crippen LogP contribution < -0.4 is 11.1 Å². The van der Waals surface area contributed by atoms with Crippen LogP contribution in [0.2, 0.25) is 0 Å². The fourth-order valence-corrected chi connectivity index (χ4v) is 1.33. The lowest BCUT2D eigenvalue weighted by Crippen LogP contribution is -2.23. The first kappa shape index (κ1) is 11.8. The highest BCUT2D eigenvalue weighted by atomic mass is 32.2.